The Morgan fingerprint density at radius 3 is 2.83 bits per heavy atom. The van der Waals surface area contributed by atoms with Gasteiger partial charge in [0.15, 0.2) is 0 Å². The largest absolute Gasteiger partial charge is 0.495 e. The van der Waals surface area contributed by atoms with Crippen LogP contribution in [0.15, 0.2) is 34.6 Å². The monoisotopic (exact) mass is 182 g/mol. The summed E-state index contributed by atoms with van der Waals surface area (Å²) in [6.45, 7) is 2.21. The summed E-state index contributed by atoms with van der Waals surface area (Å²) < 4.78 is 5.10. The summed E-state index contributed by atoms with van der Waals surface area (Å²) in [7, 11) is 1.64. The van der Waals surface area contributed by atoms with E-state index in [-0.39, 0.29) is 0 Å². The van der Waals surface area contributed by atoms with Crippen molar-refractivity contribution >= 4 is 11.6 Å². The average Bonchev–Trinajstić information content (AvgIpc) is 2.68. The van der Waals surface area contributed by atoms with Gasteiger partial charge in [-0.05, 0) is 12.0 Å². The second-order valence-electron chi connectivity index (χ2n) is 3.23. The Labute approximate surface area is 77.4 Å². The van der Waals surface area contributed by atoms with Gasteiger partial charge in [-0.3, -0.25) is 0 Å². The first-order valence-electron chi connectivity index (χ1n) is 4.07. The Bertz CT molecular complexity index is 299. The second-order valence-corrected chi connectivity index (χ2v) is 3.64. The third kappa shape index (κ3) is 1.09. The first kappa shape index (κ1) is 7.93. The molecule has 2 atom stereocenters. The van der Waals surface area contributed by atoms with Gasteiger partial charge in [-0.2, -0.15) is 0 Å². The van der Waals surface area contributed by atoms with Gasteiger partial charge in [-0.15, -0.1) is 0 Å². The van der Waals surface area contributed by atoms with Gasteiger partial charge in [0.25, 0.3) is 0 Å². The van der Waals surface area contributed by atoms with Gasteiger partial charge in [-0.1, -0.05) is 36.2 Å². The number of fused-ring (bicyclic) bond motifs is 1. The SMILES string of the molecule is COC1=CC=C2C(C)C2C=C1Cl. The second kappa shape index (κ2) is 2.67. The van der Waals surface area contributed by atoms with E-state index in [0.29, 0.717) is 11.8 Å². The summed E-state index contributed by atoms with van der Waals surface area (Å²) in [6, 6.07) is 0. The van der Waals surface area contributed by atoms with Gasteiger partial charge in [0, 0.05) is 5.92 Å². The molecule has 64 valence electrons. The molecule has 0 N–H and O–H groups in total. The van der Waals surface area contributed by atoms with Crippen LogP contribution in [0.3, 0.4) is 0 Å². The molecule has 12 heavy (non-hydrogen) atoms. The normalized spacial score (nSPS) is 32.4. The van der Waals surface area contributed by atoms with Crippen molar-refractivity contribution in [3.05, 3.63) is 34.6 Å². The molecule has 0 aromatic heterocycles. The average molecular weight is 183 g/mol. The fourth-order valence-electron chi connectivity index (χ4n) is 1.61. The van der Waals surface area contributed by atoms with Gasteiger partial charge < -0.3 is 4.74 Å². The molecule has 0 aromatic rings. The van der Waals surface area contributed by atoms with E-state index in [1.54, 1.807) is 7.11 Å². The molecule has 0 saturated heterocycles. The molecule has 1 fully saturated rings. The predicted molar refractivity (Wildman–Crippen MR) is 49.8 cm³/mol. The zero-order valence-corrected chi connectivity index (χ0v) is 7.93. The molecule has 0 spiro atoms. The van der Waals surface area contributed by atoms with E-state index in [9.17, 15) is 0 Å². The fourth-order valence-corrected chi connectivity index (χ4v) is 1.88. The number of methoxy groups -OCH3 is 1. The summed E-state index contributed by atoms with van der Waals surface area (Å²) in [4.78, 5) is 0. The van der Waals surface area contributed by atoms with Crippen molar-refractivity contribution in [1.29, 1.82) is 0 Å². The molecule has 2 aliphatic carbocycles. The number of rotatable bonds is 1. The number of hydrogen-bond acceptors (Lipinski definition) is 1. The van der Waals surface area contributed by atoms with Crippen LogP contribution in [-0.4, -0.2) is 7.11 Å². The minimum Gasteiger partial charge on any atom is -0.495 e. The standard InChI is InChI=1S/C10H11ClO/c1-6-7-3-4-10(12-2)9(11)5-8(6)7/h3-6,8H,1-2H3. The molecule has 0 aromatic carbocycles. The van der Waals surface area contributed by atoms with Gasteiger partial charge in [-0.25, -0.2) is 0 Å². The summed E-state index contributed by atoms with van der Waals surface area (Å²) in [5.74, 6) is 2.00. The van der Waals surface area contributed by atoms with Crippen LogP contribution in [0.1, 0.15) is 6.92 Å². The minimum atomic E-state index is 0.557. The molecule has 0 heterocycles. The molecule has 1 saturated carbocycles. The van der Waals surface area contributed by atoms with Gasteiger partial charge in [0.2, 0.25) is 0 Å². The van der Waals surface area contributed by atoms with E-state index in [0.717, 1.165) is 10.8 Å². The summed E-state index contributed by atoms with van der Waals surface area (Å²) in [5, 5.41) is 0.734. The van der Waals surface area contributed by atoms with Gasteiger partial charge in [0.05, 0.1) is 12.1 Å². The van der Waals surface area contributed by atoms with Crippen molar-refractivity contribution < 1.29 is 4.74 Å². The maximum Gasteiger partial charge on any atom is 0.137 e. The van der Waals surface area contributed by atoms with Crippen LogP contribution in [-0.2, 0) is 4.74 Å². The lowest BCUT2D eigenvalue weighted by molar-refractivity contribution is 0.304. The summed E-state index contributed by atoms with van der Waals surface area (Å²) in [6.07, 6.45) is 6.12. The first-order chi connectivity index (χ1) is 5.74. The zero-order chi connectivity index (χ0) is 8.72. The lowest BCUT2D eigenvalue weighted by Gasteiger charge is -2.02. The Hall–Kier alpha value is -0.690. The highest BCUT2D eigenvalue weighted by atomic mass is 35.5. The smallest absolute Gasteiger partial charge is 0.137 e. The topological polar surface area (TPSA) is 9.23 Å². The van der Waals surface area contributed by atoms with Crippen LogP contribution in [0, 0.1) is 11.8 Å². The van der Waals surface area contributed by atoms with Crippen molar-refractivity contribution in [3.63, 3.8) is 0 Å². The maximum absolute atomic E-state index is 6.01. The van der Waals surface area contributed by atoms with Crippen molar-refractivity contribution in [2.24, 2.45) is 11.8 Å². The molecule has 0 bridgehead atoms. The Balaban J connectivity index is 2.32. The summed E-state index contributed by atoms with van der Waals surface area (Å²) in [5.41, 5.74) is 1.46. The van der Waals surface area contributed by atoms with E-state index < -0.39 is 0 Å². The van der Waals surface area contributed by atoms with E-state index in [4.69, 9.17) is 16.3 Å². The lowest BCUT2D eigenvalue weighted by Crippen LogP contribution is -1.86. The lowest BCUT2D eigenvalue weighted by atomic mass is 10.3. The highest BCUT2D eigenvalue weighted by molar-refractivity contribution is 6.31. The minimum absolute atomic E-state index is 0.557. The molecule has 2 unspecified atom stereocenters. The van der Waals surface area contributed by atoms with Crippen molar-refractivity contribution in [2.75, 3.05) is 7.11 Å². The van der Waals surface area contributed by atoms with Gasteiger partial charge in [0.1, 0.15) is 5.76 Å². The molecular formula is C10H11ClO. The van der Waals surface area contributed by atoms with Crippen LogP contribution >= 0.6 is 11.6 Å². The molecule has 1 nitrogen and oxygen atoms in total. The molecule has 0 amide bonds. The maximum atomic E-state index is 6.01. The molecular weight excluding hydrogens is 172 g/mol. The first-order valence-corrected chi connectivity index (χ1v) is 4.45. The van der Waals surface area contributed by atoms with E-state index in [1.165, 1.54) is 5.57 Å². The fraction of sp³-hybridized carbons (Fsp3) is 0.400. The van der Waals surface area contributed by atoms with E-state index >= 15 is 0 Å². The Morgan fingerprint density at radius 2 is 2.17 bits per heavy atom. The molecule has 0 aliphatic heterocycles. The Kier molecular flexibility index (Phi) is 1.76. The highest BCUT2D eigenvalue weighted by Gasteiger charge is 2.39. The van der Waals surface area contributed by atoms with Crippen LogP contribution in [0.5, 0.6) is 0 Å². The van der Waals surface area contributed by atoms with E-state index in [1.807, 2.05) is 6.08 Å². The van der Waals surface area contributed by atoms with Gasteiger partial charge >= 0.3 is 0 Å². The molecule has 0 radical (unpaired) electrons. The highest BCUT2D eigenvalue weighted by Crippen LogP contribution is 2.48. The number of ether oxygens (including phenoxy) is 1. The van der Waals surface area contributed by atoms with Crippen LogP contribution < -0.4 is 0 Å². The number of hydrogen-bond donors (Lipinski definition) is 0. The molecule has 2 heteroatoms. The third-order valence-corrected chi connectivity index (χ3v) is 2.86. The van der Waals surface area contributed by atoms with Crippen molar-refractivity contribution in [2.45, 2.75) is 6.92 Å². The number of halogens is 1. The molecule has 2 aliphatic rings. The zero-order valence-electron chi connectivity index (χ0n) is 7.17. The summed E-state index contributed by atoms with van der Waals surface area (Å²) >= 11 is 6.01. The Morgan fingerprint density at radius 1 is 1.42 bits per heavy atom. The van der Waals surface area contributed by atoms with Crippen LogP contribution in [0.25, 0.3) is 0 Å². The van der Waals surface area contributed by atoms with E-state index in [2.05, 4.69) is 19.1 Å². The van der Waals surface area contributed by atoms with Crippen molar-refractivity contribution in [3.8, 4) is 0 Å². The molecule has 2 rings (SSSR count). The van der Waals surface area contributed by atoms with Crippen molar-refractivity contribution in [1.82, 2.24) is 0 Å². The quantitative estimate of drug-likeness (QED) is 0.606. The van der Waals surface area contributed by atoms with Crippen LogP contribution in [0.2, 0.25) is 0 Å². The van der Waals surface area contributed by atoms with Crippen LogP contribution in [0.4, 0.5) is 0 Å². The third-order valence-electron chi connectivity index (χ3n) is 2.55. The predicted octanol–water partition coefficient (Wildman–Crippen LogP) is 2.85. The number of allylic oxidation sites excluding steroid dienone is 5.